The first-order chi connectivity index (χ1) is 12.5. The maximum absolute atomic E-state index is 12.2. The molecule has 0 spiro atoms. The summed E-state index contributed by atoms with van der Waals surface area (Å²) in [5.74, 6) is 0. The first-order valence-electron chi connectivity index (χ1n) is 8.91. The van der Waals surface area contributed by atoms with E-state index in [-0.39, 0.29) is 12.2 Å². The summed E-state index contributed by atoms with van der Waals surface area (Å²) < 4.78 is 18.5. The number of hydrogen-bond donors (Lipinski definition) is 3. The van der Waals surface area contributed by atoms with Gasteiger partial charge in [0.15, 0.2) is 6.23 Å². The van der Waals surface area contributed by atoms with Crippen LogP contribution in [0.2, 0.25) is 0 Å². The van der Waals surface area contributed by atoms with Crippen LogP contribution in [0.1, 0.15) is 37.5 Å². The first kappa shape index (κ1) is 19.2. The van der Waals surface area contributed by atoms with Crippen LogP contribution >= 0.6 is 0 Å². The molecule has 0 radical (unpaired) electrons. The maximum Gasteiger partial charge on any atom is 0.330 e. The van der Waals surface area contributed by atoms with Gasteiger partial charge in [-0.3, -0.25) is 14.3 Å². The molecule has 1 unspecified atom stereocenters. The predicted molar refractivity (Wildman–Crippen MR) is 91.0 cm³/mol. The Morgan fingerprint density at radius 3 is 2.65 bits per heavy atom. The Kier molecular flexibility index (Phi) is 5.93. The molecule has 1 aromatic rings. The number of H-pyrrole nitrogens is 1. The minimum absolute atomic E-state index is 0.0983. The number of aromatic amines is 1. The van der Waals surface area contributed by atoms with E-state index < -0.39 is 42.4 Å². The number of hydrogen-bond acceptors (Lipinski definition) is 7. The average Bonchev–Trinajstić information content (AvgIpc) is 2.94. The number of nitrogens with one attached hydrogen (secondary N) is 1. The average molecular weight is 370 g/mol. The largest absolute Gasteiger partial charge is 0.394 e. The van der Waals surface area contributed by atoms with Crippen molar-refractivity contribution in [1.82, 2.24) is 9.55 Å². The SMILES string of the molecule is CO[C@@H]1CCCC[C@H]1OC1[C@@H](O)[C@@H](CO)O[C@H]1n1cc(C)c(=O)[nH]c1=O. The van der Waals surface area contributed by atoms with E-state index in [1.54, 1.807) is 14.0 Å². The lowest BCUT2D eigenvalue weighted by Gasteiger charge is -2.34. The molecule has 146 valence electrons. The molecule has 1 aliphatic heterocycles. The van der Waals surface area contributed by atoms with Crippen LogP contribution in [0.3, 0.4) is 0 Å². The summed E-state index contributed by atoms with van der Waals surface area (Å²) >= 11 is 0. The van der Waals surface area contributed by atoms with E-state index in [1.807, 2.05) is 0 Å². The number of aromatic nitrogens is 2. The smallest absolute Gasteiger partial charge is 0.330 e. The maximum atomic E-state index is 12.2. The van der Waals surface area contributed by atoms with Crippen LogP contribution in [0.25, 0.3) is 0 Å². The van der Waals surface area contributed by atoms with Crippen LogP contribution in [0.15, 0.2) is 15.8 Å². The number of rotatable bonds is 5. The van der Waals surface area contributed by atoms with Crippen molar-refractivity contribution in [3.8, 4) is 0 Å². The van der Waals surface area contributed by atoms with E-state index in [2.05, 4.69) is 4.98 Å². The Morgan fingerprint density at radius 1 is 1.31 bits per heavy atom. The predicted octanol–water partition coefficient (Wildman–Crippen LogP) is -0.562. The molecule has 1 aromatic heterocycles. The minimum atomic E-state index is -1.11. The Morgan fingerprint density at radius 2 is 2.00 bits per heavy atom. The zero-order valence-electron chi connectivity index (χ0n) is 15.0. The molecular weight excluding hydrogens is 344 g/mol. The number of nitrogens with zero attached hydrogens (tertiary/aromatic N) is 1. The van der Waals surface area contributed by atoms with E-state index in [0.717, 1.165) is 25.7 Å². The molecule has 1 saturated carbocycles. The third-order valence-electron chi connectivity index (χ3n) is 5.19. The molecule has 1 saturated heterocycles. The van der Waals surface area contributed by atoms with Crippen molar-refractivity contribution in [3.63, 3.8) is 0 Å². The van der Waals surface area contributed by atoms with E-state index >= 15 is 0 Å². The van der Waals surface area contributed by atoms with E-state index in [1.165, 1.54) is 10.8 Å². The number of methoxy groups -OCH3 is 1. The molecule has 2 heterocycles. The highest BCUT2D eigenvalue weighted by Crippen LogP contribution is 2.34. The fourth-order valence-corrected chi connectivity index (χ4v) is 3.70. The Bertz CT molecular complexity index is 731. The van der Waals surface area contributed by atoms with Crippen molar-refractivity contribution in [1.29, 1.82) is 0 Å². The van der Waals surface area contributed by atoms with Gasteiger partial charge in [0.2, 0.25) is 0 Å². The Hall–Kier alpha value is -1.52. The summed E-state index contributed by atoms with van der Waals surface area (Å²) in [6, 6.07) is 0. The molecular formula is C17H26N2O7. The molecule has 3 rings (SSSR count). The highest BCUT2D eigenvalue weighted by atomic mass is 16.6. The second-order valence-corrected chi connectivity index (χ2v) is 6.91. The van der Waals surface area contributed by atoms with Crippen molar-refractivity contribution < 1.29 is 24.4 Å². The summed E-state index contributed by atoms with van der Waals surface area (Å²) in [6.07, 6.45) is 0.898. The van der Waals surface area contributed by atoms with Crippen molar-refractivity contribution in [2.75, 3.05) is 13.7 Å². The molecule has 0 amide bonds. The Balaban J connectivity index is 1.91. The molecule has 9 nitrogen and oxygen atoms in total. The van der Waals surface area contributed by atoms with Crippen LogP contribution in [0.4, 0.5) is 0 Å². The van der Waals surface area contributed by atoms with Crippen molar-refractivity contribution in [3.05, 3.63) is 32.6 Å². The normalized spacial score (nSPS) is 34.9. The van der Waals surface area contributed by atoms with Crippen LogP contribution in [-0.4, -0.2) is 64.0 Å². The summed E-state index contributed by atoms with van der Waals surface area (Å²) in [4.78, 5) is 26.1. The minimum Gasteiger partial charge on any atom is -0.394 e. The molecule has 6 atom stereocenters. The van der Waals surface area contributed by atoms with Crippen LogP contribution in [-0.2, 0) is 14.2 Å². The summed E-state index contributed by atoms with van der Waals surface area (Å²) in [5, 5.41) is 20.0. The van der Waals surface area contributed by atoms with Gasteiger partial charge in [-0.15, -0.1) is 0 Å². The molecule has 0 aromatic carbocycles. The van der Waals surface area contributed by atoms with E-state index in [4.69, 9.17) is 14.2 Å². The highest BCUT2D eigenvalue weighted by Gasteiger charge is 2.47. The lowest BCUT2D eigenvalue weighted by atomic mass is 9.94. The monoisotopic (exact) mass is 370 g/mol. The number of aliphatic hydroxyl groups is 2. The molecule has 26 heavy (non-hydrogen) atoms. The van der Waals surface area contributed by atoms with Gasteiger partial charge in [0.1, 0.15) is 18.3 Å². The quantitative estimate of drug-likeness (QED) is 0.635. The van der Waals surface area contributed by atoms with Gasteiger partial charge in [0.25, 0.3) is 5.56 Å². The molecule has 9 heteroatoms. The second-order valence-electron chi connectivity index (χ2n) is 6.91. The van der Waals surface area contributed by atoms with Gasteiger partial charge in [0, 0.05) is 18.9 Å². The third-order valence-corrected chi connectivity index (χ3v) is 5.19. The molecule has 3 N–H and O–H groups in total. The van der Waals surface area contributed by atoms with Crippen LogP contribution in [0, 0.1) is 6.92 Å². The topological polar surface area (TPSA) is 123 Å². The zero-order chi connectivity index (χ0) is 18.8. The first-order valence-corrected chi connectivity index (χ1v) is 8.91. The van der Waals surface area contributed by atoms with Gasteiger partial charge in [0.05, 0.1) is 18.8 Å². The van der Waals surface area contributed by atoms with E-state index in [0.29, 0.717) is 5.56 Å². The molecule has 2 aliphatic rings. The van der Waals surface area contributed by atoms with Crippen LogP contribution < -0.4 is 11.2 Å². The summed E-state index contributed by atoms with van der Waals surface area (Å²) in [5.41, 5.74) is -0.800. The lowest BCUT2D eigenvalue weighted by Crippen LogP contribution is -2.45. The lowest BCUT2D eigenvalue weighted by molar-refractivity contribution is -0.150. The van der Waals surface area contributed by atoms with Crippen molar-refractivity contribution in [2.45, 2.75) is 69.4 Å². The van der Waals surface area contributed by atoms with Crippen molar-refractivity contribution in [2.24, 2.45) is 0 Å². The number of aryl methyl sites for hydroxylation is 1. The van der Waals surface area contributed by atoms with Gasteiger partial charge >= 0.3 is 5.69 Å². The third kappa shape index (κ3) is 3.63. The van der Waals surface area contributed by atoms with Gasteiger partial charge in [-0.1, -0.05) is 12.8 Å². The van der Waals surface area contributed by atoms with Gasteiger partial charge in [-0.05, 0) is 19.8 Å². The van der Waals surface area contributed by atoms with E-state index in [9.17, 15) is 19.8 Å². The number of aliphatic hydroxyl groups excluding tert-OH is 2. The fourth-order valence-electron chi connectivity index (χ4n) is 3.70. The van der Waals surface area contributed by atoms with Gasteiger partial charge in [-0.25, -0.2) is 4.79 Å². The second kappa shape index (κ2) is 8.01. The Labute approximate surface area is 150 Å². The molecule has 0 bridgehead atoms. The van der Waals surface area contributed by atoms with Crippen LogP contribution in [0.5, 0.6) is 0 Å². The summed E-state index contributed by atoms with van der Waals surface area (Å²) in [6.45, 7) is 1.16. The zero-order valence-corrected chi connectivity index (χ0v) is 15.0. The highest BCUT2D eigenvalue weighted by molar-refractivity contribution is 5.03. The molecule has 1 aliphatic carbocycles. The van der Waals surface area contributed by atoms with Gasteiger partial charge in [-0.2, -0.15) is 0 Å². The fraction of sp³-hybridized carbons (Fsp3) is 0.765. The number of ether oxygens (including phenoxy) is 3. The van der Waals surface area contributed by atoms with Crippen molar-refractivity contribution >= 4 is 0 Å². The summed E-state index contributed by atoms with van der Waals surface area (Å²) in [7, 11) is 1.62. The molecule has 2 fully saturated rings. The van der Waals surface area contributed by atoms with Gasteiger partial charge < -0.3 is 24.4 Å². The standard InChI is InChI=1S/C17H26N2O7/c1-9-7-19(17(23)18-15(9)22)16-14(13(21)12(8-20)26-16)25-11-6-4-3-5-10(11)24-2/h7,10-14,16,20-21H,3-6,8H2,1-2H3,(H,18,22,23)/t10-,11-,12-,13+,14?,16-/m1/s1.